The number of hydrogen-bond donors (Lipinski definition) is 1. The molecule has 0 radical (unpaired) electrons. The van der Waals surface area contributed by atoms with Crippen LogP contribution in [0.4, 0.5) is 5.69 Å². The lowest BCUT2D eigenvalue weighted by atomic mass is 9.66. The van der Waals surface area contributed by atoms with Crippen LogP contribution in [0.15, 0.2) is 28.1 Å². The Morgan fingerprint density at radius 2 is 2.25 bits per heavy atom. The number of nitrogens with zero attached hydrogens (tertiary/aromatic N) is 3. The molecule has 1 saturated carbocycles. The summed E-state index contributed by atoms with van der Waals surface area (Å²) in [5.74, 6) is 1.16. The first kappa shape index (κ1) is 15.7. The lowest BCUT2D eigenvalue weighted by Gasteiger charge is -2.41. The summed E-state index contributed by atoms with van der Waals surface area (Å²) in [5.41, 5.74) is 5.10. The van der Waals surface area contributed by atoms with Crippen molar-refractivity contribution in [3.8, 4) is 0 Å². The van der Waals surface area contributed by atoms with Gasteiger partial charge < -0.3 is 4.90 Å². The van der Waals surface area contributed by atoms with E-state index in [1.807, 2.05) is 13.0 Å². The van der Waals surface area contributed by atoms with Crippen LogP contribution in [-0.2, 0) is 11.2 Å². The van der Waals surface area contributed by atoms with Crippen LogP contribution in [0, 0.1) is 12.3 Å². The van der Waals surface area contributed by atoms with Gasteiger partial charge in [0, 0.05) is 34.5 Å². The van der Waals surface area contributed by atoms with Gasteiger partial charge in [0.1, 0.15) is 5.84 Å². The first-order valence-electron chi connectivity index (χ1n) is 8.34. The van der Waals surface area contributed by atoms with Crippen molar-refractivity contribution in [3.05, 3.63) is 35.4 Å². The molecule has 6 heteroatoms. The quantitative estimate of drug-likeness (QED) is 0.838. The molecular weight excluding hydrogens is 320 g/mol. The highest BCUT2D eigenvalue weighted by Gasteiger charge is 2.53. The van der Waals surface area contributed by atoms with Crippen LogP contribution in [0.1, 0.15) is 49.3 Å². The minimum atomic E-state index is -1.71. The summed E-state index contributed by atoms with van der Waals surface area (Å²) >= 11 is -1.71. The van der Waals surface area contributed by atoms with Gasteiger partial charge in [0.25, 0.3) is 0 Å². The molecule has 0 amide bonds. The second kappa shape index (κ2) is 5.36. The Labute approximate surface area is 145 Å². The summed E-state index contributed by atoms with van der Waals surface area (Å²) in [6.45, 7) is 8.66. The largest absolute Gasteiger partial charge is 0.326 e. The van der Waals surface area contributed by atoms with E-state index < -0.39 is 11.2 Å². The van der Waals surface area contributed by atoms with E-state index in [4.69, 9.17) is 10.1 Å². The molecule has 1 saturated heterocycles. The topological polar surface area (TPSA) is 71.0 Å². The van der Waals surface area contributed by atoms with E-state index in [2.05, 4.69) is 28.9 Å². The fraction of sp³-hybridized carbons (Fsp3) is 0.444. The lowest BCUT2D eigenvalue weighted by molar-refractivity contribution is 0.225. The molecule has 4 rings (SSSR count). The van der Waals surface area contributed by atoms with Crippen LogP contribution in [-0.4, -0.2) is 27.2 Å². The number of aryl methyl sites for hydroxylation is 1. The average Bonchev–Trinajstić information content (AvgIpc) is 2.79. The second-order valence-electron chi connectivity index (χ2n) is 7.20. The summed E-state index contributed by atoms with van der Waals surface area (Å²) in [7, 11) is 0. The number of hydrogen-bond acceptors (Lipinski definition) is 3. The molecule has 1 spiro atoms. The summed E-state index contributed by atoms with van der Waals surface area (Å²) in [6.07, 6.45) is 6.40. The predicted molar refractivity (Wildman–Crippen MR) is 99.4 cm³/mol. The average molecular weight is 342 g/mol. The Kier molecular flexibility index (Phi) is 3.51. The molecule has 1 aromatic carbocycles. The van der Waals surface area contributed by atoms with Gasteiger partial charge in [0.2, 0.25) is 11.2 Å². The van der Waals surface area contributed by atoms with Crippen molar-refractivity contribution >= 4 is 34.6 Å². The lowest BCUT2D eigenvalue weighted by Crippen LogP contribution is -2.40. The fourth-order valence-corrected chi connectivity index (χ4v) is 4.62. The van der Waals surface area contributed by atoms with Crippen LogP contribution < -0.4 is 5.14 Å². The third-order valence-corrected chi connectivity index (χ3v) is 5.85. The van der Waals surface area contributed by atoms with E-state index in [0.29, 0.717) is 6.04 Å². The number of fused-ring (bicyclic) bond motifs is 3. The number of amidine groups is 1. The molecule has 0 aromatic heterocycles. The Bertz CT molecular complexity index is 823. The number of benzene rings is 1. The molecule has 2 N–H and O–H groups in total. The molecule has 1 aromatic rings. The van der Waals surface area contributed by atoms with Crippen molar-refractivity contribution in [2.75, 3.05) is 0 Å². The highest BCUT2D eigenvalue weighted by Crippen LogP contribution is 2.56. The Morgan fingerprint density at radius 3 is 2.88 bits per heavy atom. The van der Waals surface area contributed by atoms with Crippen molar-refractivity contribution in [1.82, 2.24) is 4.90 Å². The summed E-state index contributed by atoms with van der Waals surface area (Å²) < 4.78 is 15.0. The molecule has 2 unspecified atom stereocenters. The molecule has 2 heterocycles. The molecular formula is C18H22N4OS. The maximum Gasteiger partial charge on any atom is 0.213 e. The zero-order valence-electron chi connectivity index (χ0n) is 14.1. The molecule has 2 aliphatic heterocycles. The zero-order chi connectivity index (χ0) is 17.1. The maximum atomic E-state index is 11.1. The van der Waals surface area contributed by atoms with Gasteiger partial charge >= 0.3 is 0 Å². The summed E-state index contributed by atoms with van der Waals surface area (Å²) in [5, 5.41) is 5.27. The van der Waals surface area contributed by atoms with Crippen LogP contribution in [0.2, 0.25) is 0 Å². The smallest absolute Gasteiger partial charge is 0.213 e. The third kappa shape index (κ3) is 2.20. The first-order valence-corrected chi connectivity index (χ1v) is 9.51. The maximum absolute atomic E-state index is 11.1. The van der Waals surface area contributed by atoms with Gasteiger partial charge in [-0.1, -0.05) is 13.0 Å². The molecule has 24 heavy (non-hydrogen) atoms. The van der Waals surface area contributed by atoms with Gasteiger partial charge in [-0.2, -0.15) is 4.40 Å². The van der Waals surface area contributed by atoms with Gasteiger partial charge in [-0.25, -0.2) is 14.3 Å². The molecule has 3 aliphatic rings. The highest BCUT2D eigenvalue weighted by atomic mass is 32.2. The van der Waals surface area contributed by atoms with Crippen LogP contribution in [0.25, 0.3) is 5.70 Å². The van der Waals surface area contributed by atoms with Crippen LogP contribution in [0.3, 0.4) is 0 Å². The molecule has 1 aliphatic carbocycles. The third-order valence-electron chi connectivity index (χ3n) is 5.54. The minimum Gasteiger partial charge on any atom is -0.326 e. The van der Waals surface area contributed by atoms with Crippen LogP contribution in [0.5, 0.6) is 0 Å². The molecule has 2 fully saturated rings. The molecule has 126 valence electrons. The van der Waals surface area contributed by atoms with Crippen molar-refractivity contribution in [2.24, 2.45) is 19.9 Å². The van der Waals surface area contributed by atoms with E-state index >= 15 is 0 Å². The van der Waals surface area contributed by atoms with E-state index in [9.17, 15) is 4.21 Å². The predicted octanol–water partition coefficient (Wildman–Crippen LogP) is 3.23. The summed E-state index contributed by atoms with van der Waals surface area (Å²) in [4.78, 5) is 7.38. The Balaban J connectivity index is 1.90. The van der Waals surface area contributed by atoms with E-state index in [1.54, 1.807) is 6.21 Å². The SMILES string of the molecule is C=C1c2cc(C)cc(C=NS(N)=O)c2N=C2N1C(C)CC21CCC1. The Hall–Kier alpha value is -1.79. The van der Waals surface area contributed by atoms with Gasteiger partial charge in [0.15, 0.2) is 0 Å². The first-order chi connectivity index (χ1) is 11.4. The number of nitrogens with two attached hydrogens (primary N) is 1. The van der Waals surface area contributed by atoms with Gasteiger partial charge in [-0.05, 0) is 50.8 Å². The standard InChI is InChI=1S/C18H22N4OS/c1-11-7-14(10-20-24(19)23)16-15(8-11)13(3)22-12(2)9-18(5-4-6-18)17(22)21-16/h7-8,10,12H,3-6,9,19H2,1-2H3. The zero-order valence-corrected chi connectivity index (χ0v) is 14.9. The van der Waals surface area contributed by atoms with Crippen molar-refractivity contribution in [1.29, 1.82) is 0 Å². The molecule has 0 bridgehead atoms. The van der Waals surface area contributed by atoms with Crippen molar-refractivity contribution < 1.29 is 4.21 Å². The number of rotatable bonds is 2. The van der Waals surface area contributed by atoms with Gasteiger partial charge in [0.05, 0.1) is 5.69 Å². The molecule has 2 atom stereocenters. The molecule has 5 nitrogen and oxygen atoms in total. The van der Waals surface area contributed by atoms with E-state index in [0.717, 1.165) is 40.3 Å². The monoisotopic (exact) mass is 342 g/mol. The van der Waals surface area contributed by atoms with Gasteiger partial charge in [-0.3, -0.25) is 0 Å². The normalized spacial score (nSPS) is 25.5. The van der Waals surface area contributed by atoms with Crippen LogP contribution >= 0.6 is 0 Å². The second-order valence-corrected chi connectivity index (χ2v) is 7.96. The van der Waals surface area contributed by atoms with Gasteiger partial charge in [-0.15, -0.1) is 0 Å². The summed E-state index contributed by atoms with van der Waals surface area (Å²) in [6, 6.07) is 4.56. The highest BCUT2D eigenvalue weighted by molar-refractivity contribution is 7.81. The van der Waals surface area contributed by atoms with Crippen molar-refractivity contribution in [3.63, 3.8) is 0 Å². The number of aliphatic imine (C=N–C) groups is 1. The van der Waals surface area contributed by atoms with E-state index in [1.165, 1.54) is 19.3 Å². The minimum absolute atomic E-state index is 0.218. The fourth-order valence-electron chi connectivity index (χ4n) is 4.40. The Morgan fingerprint density at radius 1 is 1.50 bits per heavy atom. The van der Waals surface area contributed by atoms with Crippen molar-refractivity contribution in [2.45, 2.75) is 45.6 Å². The van der Waals surface area contributed by atoms with E-state index in [-0.39, 0.29) is 5.41 Å².